The molecule has 2 unspecified atom stereocenters. The van der Waals surface area contributed by atoms with Gasteiger partial charge in [-0.25, -0.2) is 27.3 Å². The van der Waals surface area contributed by atoms with E-state index in [-0.39, 0.29) is 18.5 Å². The molecule has 40 heavy (non-hydrogen) atoms. The summed E-state index contributed by atoms with van der Waals surface area (Å²) in [5.41, 5.74) is 1.75. The number of carbonyl (C=O) groups excluding carboxylic acids is 1. The predicted octanol–water partition coefficient (Wildman–Crippen LogP) is 5.61. The number of benzene rings is 2. The summed E-state index contributed by atoms with van der Waals surface area (Å²) < 4.78 is 54.7. The van der Waals surface area contributed by atoms with E-state index in [1.807, 2.05) is 51.1 Å². The van der Waals surface area contributed by atoms with Crippen LogP contribution in [0.1, 0.15) is 70.7 Å². The second-order valence-electron chi connectivity index (χ2n) is 11.8. The summed E-state index contributed by atoms with van der Waals surface area (Å²) in [6.45, 7) is 11.7. The van der Waals surface area contributed by atoms with Crippen molar-refractivity contribution < 1.29 is 27.1 Å². The van der Waals surface area contributed by atoms with Gasteiger partial charge < -0.3 is 14.4 Å². The highest BCUT2D eigenvalue weighted by atomic mass is 32.2. The second-order valence-corrected chi connectivity index (χ2v) is 13.6. The van der Waals surface area contributed by atoms with Crippen molar-refractivity contribution in [2.24, 2.45) is 4.99 Å². The molecular weight excluding hydrogens is 533 g/mol. The van der Waals surface area contributed by atoms with E-state index in [2.05, 4.69) is 9.71 Å². The Morgan fingerprint density at radius 3 is 2.45 bits per heavy atom. The number of ether oxygens (including phenoxy) is 2. The first-order chi connectivity index (χ1) is 18.6. The SMILES string of the molecule is CC(N=C1NS(=O)(=O)C(Cc2ccc(C3=CCN(C(=O)OC(C)(C)C)CC3)cc2)C(C)(C)O1)c1ccccc1F. The van der Waals surface area contributed by atoms with Crippen molar-refractivity contribution >= 4 is 27.7 Å². The van der Waals surface area contributed by atoms with Gasteiger partial charge in [-0.05, 0) is 77.2 Å². The molecule has 1 saturated heterocycles. The normalized spacial score (nSPS) is 22.1. The number of carbonyl (C=O) groups is 1. The highest BCUT2D eigenvalue weighted by Crippen LogP contribution is 2.31. The van der Waals surface area contributed by atoms with Gasteiger partial charge in [0.15, 0.2) is 0 Å². The number of nitrogens with one attached hydrogen (secondary N) is 1. The quantitative estimate of drug-likeness (QED) is 0.504. The molecular formula is C30H38FN3O5S. The fourth-order valence-electron chi connectivity index (χ4n) is 4.86. The van der Waals surface area contributed by atoms with Gasteiger partial charge in [0, 0.05) is 18.7 Å². The van der Waals surface area contributed by atoms with E-state index in [9.17, 15) is 17.6 Å². The monoisotopic (exact) mass is 571 g/mol. The van der Waals surface area contributed by atoms with Crippen LogP contribution >= 0.6 is 0 Å². The molecule has 4 rings (SSSR count). The van der Waals surface area contributed by atoms with E-state index in [1.165, 1.54) is 6.07 Å². The van der Waals surface area contributed by atoms with Crippen molar-refractivity contribution in [3.63, 3.8) is 0 Å². The first kappa shape index (κ1) is 29.6. The molecule has 2 atom stereocenters. The summed E-state index contributed by atoms with van der Waals surface area (Å²) in [5, 5.41) is -0.871. The number of sulfonamides is 1. The third kappa shape index (κ3) is 7.02. The number of nitrogens with zero attached hydrogens (tertiary/aromatic N) is 2. The van der Waals surface area contributed by atoms with Crippen LogP contribution in [0.25, 0.3) is 5.57 Å². The van der Waals surface area contributed by atoms with Crippen LogP contribution in [-0.4, -0.2) is 55.0 Å². The minimum absolute atomic E-state index is 0.142. The van der Waals surface area contributed by atoms with Crippen LogP contribution < -0.4 is 4.72 Å². The Hall–Kier alpha value is -3.40. The van der Waals surface area contributed by atoms with Crippen LogP contribution in [0, 0.1) is 5.82 Å². The molecule has 0 bridgehead atoms. The highest BCUT2D eigenvalue weighted by molar-refractivity contribution is 7.90. The number of hydrogen-bond donors (Lipinski definition) is 1. The van der Waals surface area contributed by atoms with E-state index >= 15 is 0 Å². The molecule has 8 nitrogen and oxygen atoms in total. The molecule has 2 aromatic carbocycles. The molecule has 1 amide bonds. The summed E-state index contributed by atoms with van der Waals surface area (Å²) in [6.07, 6.45) is 2.65. The molecule has 0 aromatic heterocycles. The van der Waals surface area contributed by atoms with Crippen LogP contribution in [-0.2, 0) is 25.9 Å². The van der Waals surface area contributed by atoms with Gasteiger partial charge in [0.25, 0.3) is 6.02 Å². The van der Waals surface area contributed by atoms with Crippen molar-refractivity contribution in [1.82, 2.24) is 9.62 Å². The van der Waals surface area contributed by atoms with E-state index in [0.717, 1.165) is 16.7 Å². The Kier molecular flexibility index (Phi) is 8.31. The van der Waals surface area contributed by atoms with Crippen molar-refractivity contribution in [1.29, 1.82) is 0 Å². The average molecular weight is 572 g/mol. The summed E-state index contributed by atoms with van der Waals surface area (Å²) in [4.78, 5) is 18.3. The van der Waals surface area contributed by atoms with Gasteiger partial charge in [-0.15, -0.1) is 0 Å². The lowest BCUT2D eigenvalue weighted by molar-refractivity contribution is 0.0270. The Bertz CT molecular complexity index is 1410. The van der Waals surface area contributed by atoms with Crippen LogP contribution in [0.4, 0.5) is 9.18 Å². The minimum atomic E-state index is -3.83. The highest BCUT2D eigenvalue weighted by Gasteiger charge is 2.47. The van der Waals surface area contributed by atoms with E-state index in [4.69, 9.17) is 9.47 Å². The first-order valence-corrected chi connectivity index (χ1v) is 15.0. The molecule has 216 valence electrons. The first-order valence-electron chi connectivity index (χ1n) is 13.4. The number of amidine groups is 1. The summed E-state index contributed by atoms with van der Waals surface area (Å²) in [5.74, 6) is -0.414. The topological polar surface area (TPSA) is 97.3 Å². The number of amides is 1. The lowest BCUT2D eigenvalue weighted by Crippen LogP contribution is -2.59. The molecule has 2 aromatic rings. The van der Waals surface area contributed by atoms with Crippen LogP contribution in [0.2, 0.25) is 0 Å². The van der Waals surface area contributed by atoms with Gasteiger partial charge in [0.2, 0.25) is 10.0 Å². The maximum Gasteiger partial charge on any atom is 0.410 e. The minimum Gasteiger partial charge on any atom is -0.457 e. The Balaban J connectivity index is 1.43. The zero-order chi connectivity index (χ0) is 29.3. The summed E-state index contributed by atoms with van der Waals surface area (Å²) in [6, 6.07) is 13.3. The van der Waals surface area contributed by atoms with Crippen LogP contribution in [0.3, 0.4) is 0 Å². The number of halogens is 1. The average Bonchev–Trinajstić information content (AvgIpc) is 2.85. The van der Waals surface area contributed by atoms with Crippen molar-refractivity contribution in [3.8, 4) is 0 Å². The van der Waals surface area contributed by atoms with Crippen molar-refractivity contribution in [3.05, 3.63) is 77.1 Å². The van der Waals surface area contributed by atoms with Gasteiger partial charge >= 0.3 is 6.09 Å². The van der Waals surface area contributed by atoms with Gasteiger partial charge in [-0.3, -0.25) is 0 Å². The maximum atomic E-state index is 14.2. The molecule has 2 aliphatic heterocycles. The van der Waals surface area contributed by atoms with Gasteiger partial charge in [0.05, 0.1) is 6.04 Å². The lowest BCUT2D eigenvalue weighted by atomic mass is 9.94. The maximum absolute atomic E-state index is 14.2. The number of aliphatic imine (C=N–C) groups is 1. The third-order valence-electron chi connectivity index (χ3n) is 7.01. The molecule has 1 N–H and O–H groups in total. The zero-order valence-corrected chi connectivity index (χ0v) is 24.7. The van der Waals surface area contributed by atoms with Crippen LogP contribution in [0.5, 0.6) is 0 Å². The molecule has 2 heterocycles. The Labute approximate surface area is 236 Å². The molecule has 0 aliphatic carbocycles. The zero-order valence-electron chi connectivity index (χ0n) is 23.9. The van der Waals surface area contributed by atoms with Crippen LogP contribution in [0.15, 0.2) is 59.6 Å². The fourth-order valence-corrected chi connectivity index (χ4v) is 6.55. The summed E-state index contributed by atoms with van der Waals surface area (Å²) >= 11 is 0. The van der Waals surface area contributed by atoms with E-state index in [0.29, 0.717) is 25.1 Å². The van der Waals surface area contributed by atoms with Crippen molar-refractivity contribution in [2.75, 3.05) is 13.1 Å². The molecule has 2 aliphatic rings. The van der Waals surface area contributed by atoms with Crippen molar-refractivity contribution in [2.45, 2.75) is 76.9 Å². The van der Waals surface area contributed by atoms with Gasteiger partial charge in [0.1, 0.15) is 22.3 Å². The molecule has 10 heteroatoms. The second kappa shape index (κ2) is 11.2. The summed E-state index contributed by atoms with van der Waals surface area (Å²) in [7, 11) is -3.83. The number of rotatable bonds is 5. The molecule has 0 spiro atoms. The van der Waals surface area contributed by atoms with E-state index < -0.39 is 38.3 Å². The molecule has 1 fully saturated rings. The smallest absolute Gasteiger partial charge is 0.410 e. The van der Waals surface area contributed by atoms with Gasteiger partial charge in [-0.1, -0.05) is 48.5 Å². The van der Waals surface area contributed by atoms with Gasteiger partial charge in [-0.2, -0.15) is 0 Å². The molecule has 0 saturated carbocycles. The largest absolute Gasteiger partial charge is 0.457 e. The third-order valence-corrected chi connectivity index (χ3v) is 8.95. The lowest BCUT2D eigenvalue weighted by Gasteiger charge is -2.39. The number of hydrogen-bond acceptors (Lipinski definition) is 6. The van der Waals surface area contributed by atoms with E-state index in [1.54, 1.807) is 43.9 Å². The Morgan fingerprint density at radius 2 is 1.88 bits per heavy atom. The fraction of sp³-hybridized carbons (Fsp3) is 0.467. The standard InChI is InChI=1S/C30H38FN3O5S/c1-20(24-9-7-8-10-25(24)31)32-27-33-40(36,37)26(30(5,6)38-27)19-21-11-13-22(14-12-21)23-15-17-34(18-16-23)28(35)39-29(2,3)4/h7-15,20,26H,16-19H2,1-6H3,(H,32,33). The predicted molar refractivity (Wildman–Crippen MR) is 154 cm³/mol. The Morgan fingerprint density at radius 1 is 1.20 bits per heavy atom. The molecule has 0 radical (unpaired) electrons.